The summed E-state index contributed by atoms with van der Waals surface area (Å²) >= 11 is 0. The topological polar surface area (TPSA) is 107 Å². The van der Waals surface area contributed by atoms with E-state index >= 15 is 0 Å². The average Bonchev–Trinajstić information content (AvgIpc) is 3.03. The zero-order valence-corrected chi connectivity index (χ0v) is 16.0. The van der Waals surface area contributed by atoms with Gasteiger partial charge in [0.25, 0.3) is 5.78 Å². The van der Waals surface area contributed by atoms with E-state index in [9.17, 15) is 4.79 Å². The first kappa shape index (κ1) is 18.6. The Morgan fingerprint density at radius 2 is 1.96 bits per heavy atom. The van der Waals surface area contributed by atoms with Crippen molar-refractivity contribution in [2.24, 2.45) is 0 Å². The number of rotatable bonds is 6. The third kappa shape index (κ3) is 3.84. The number of hydrogen-bond donors (Lipinski definition) is 2. The number of methoxy groups -OCH3 is 1. The Kier molecular flexibility index (Phi) is 5.25. The van der Waals surface area contributed by atoms with Crippen LogP contribution in [0.25, 0.3) is 5.78 Å². The molecule has 1 atom stereocenters. The highest BCUT2D eigenvalue weighted by molar-refractivity contribution is 5.79. The highest BCUT2D eigenvalue weighted by atomic mass is 16.5. The molecule has 8 heteroatoms. The lowest BCUT2D eigenvalue weighted by atomic mass is 10.0. The number of hydrogen-bond acceptors (Lipinski definition) is 6. The van der Waals surface area contributed by atoms with Crippen LogP contribution in [0.1, 0.15) is 41.9 Å². The van der Waals surface area contributed by atoms with E-state index in [1.54, 1.807) is 11.6 Å². The summed E-state index contributed by atoms with van der Waals surface area (Å²) in [5.41, 5.74) is 9.09. The standard InChI is InChI=1S/C19H24N6O2/c1-5-16(13-6-8-14(27-4)9-7-13)22-17(26)10-15-11(2)21-19-23-18(20)24-25(19)12(15)3/h6-9,16H,5,10H2,1-4H3,(H2,20,24)(H,22,26). The molecule has 2 aromatic heterocycles. The summed E-state index contributed by atoms with van der Waals surface area (Å²) in [5, 5.41) is 7.24. The highest BCUT2D eigenvalue weighted by Crippen LogP contribution is 2.21. The maximum absolute atomic E-state index is 12.7. The Bertz CT molecular complexity index is 964. The minimum Gasteiger partial charge on any atom is -0.497 e. The van der Waals surface area contributed by atoms with E-state index in [0.717, 1.165) is 34.7 Å². The number of fused-ring (bicyclic) bond motifs is 1. The molecule has 1 amide bonds. The summed E-state index contributed by atoms with van der Waals surface area (Å²) < 4.78 is 6.76. The van der Waals surface area contributed by atoms with Gasteiger partial charge in [0.2, 0.25) is 11.9 Å². The molecule has 0 radical (unpaired) electrons. The largest absolute Gasteiger partial charge is 0.497 e. The van der Waals surface area contributed by atoms with Gasteiger partial charge in [-0.2, -0.15) is 9.50 Å². The monoisotopic (exact) mass is 368 g/mol. The van der Waals surface area contributed by atoms with Gasteiger partial charge in [-0.3, -0.25) is 4.79 Å². The smallest absolute Gasteiger partial charge is 0.254 e. The first-order valence-corrected chi connectivity index (χ1v) is 8.84. The molecule has 1 aromatic carbocycles. The molecule has 1 unspecified atom stereocenters. The van der Waals surface area contributed by atoms with Crippen molar-refractivity contribution < 1.29 is 9.53 Å². The lowest BCUT2D eigenvalue weighted by Crippen LogP contribution is -2.30. The van der Waals surface area contributed by atoms with Gasteiger partial charge in [0, 0.05) is 17.0 Å². The van der Waals surface area contributed by atoms with Gasteiger partial charge >= 0.3 is 0 Å². The molecule has 3 rings (SSSR count). The fourth-order valence-electron chi connectivity index (χ4n) is 3.14. The van der Waals surface area contributed by atoms with E-state index < -0.39 is 0 Å². The lowest BCUT2D eigenvalue weighted by Gasteiger charge is -2.18. The van der Waals surface area contributed by atoms with Crippen molar-refractivity contribution in [3.05, 3.63) is 46.8 Å². The molecule has 3 aromatic rings. The molecule has 0 spiro atoms. The van der Waals surface area contributed by atoms with Crippen molar-refractivity contribution in [3.8, 4) is 5.75 Å². The molecule has 0 fully saturated rings. The predicted octanol–water partition coefficient (Wildman–Crippen LogP) is 2.14. The molecular formula is C19H24N6O2. The first-order chi connectivity index (χ1) is 12.9. The second kappa shape index (κ2) is 7.61. The Balaban J connectivity index is 1.79. The molecule has 0 saturated carbocycles. The van der Waals surface area contributed by atoms with Crippen LogP contribution in [0, 0.1) is 13.8 Å². The van der Waals surface area contributed by atoms with Crippen LogP contribution in [0.15, 0.2) is 24.3 Å². The van der Waals surface area contributed by atoms with Crippen LogP contribution in [0.3, 0.4) is 0 Å². The minimum absolute atomic E-state index is 0.0669. The number of nitrogens with one attached hydrogen (secondary N) is 1. The molecule has 142 valence electrons. The number of benzene rings is 1. The zero-order valence-electron chi connectivity index (χ0n) is 16.0. The second-order valence-electron chi connectivity index (χ2n) is 6.42. The number of carbonyl (C=O) groups excluding carboxylic acids is 1. The molecular weight excluding hydrogens is 344 g/mol. The number of nitrogens with zero attached hydrogens (tertiary/aromatic N) is 4. The number of aromatic nitrogens is 4. The molecule has 0 aliphatic heterocycles. The number of ether oxygens (including phenoxy) is 1. The van der Waals surface area contributed by atoms with Crippen LogP contribution < -0.4 is 15.8 Å². The van der Waals surface area contributed by atoms with Crippen molar-refractivity contribution in [1.82, 2.24) is 24.9 Å². The van der Waals surface area contributed by atoms with E-state index in [-0.39, 0.29) is 24.3 Å². The maximum atomic E-state index is 12.7. The number of anilines is 1. The van der Waals surface area contributed by atoms with Crippen molar-refractivity contribution in [1.29, 1.82) is 0 Å². The van der Waals surface area contributed by atoms with Crippen LogP contribution in [0.4, 0.5) is 5.95 Å². The Labute approximate surface area is 157 Å². The number of nitrogen functional groups attached to an aromatic ring is 1. The van der Waals surface area contributed by atoms with E-state index in [4.69, 9.17) is 10.5 Å². The SMILES string of the molecule is CCC(NC(=O)Cc1c(C)nc2nc(N)nn2c1C)c1ccc(OC)cc1. The zero-order chi connectivity index (χ0) is 19.6. The number of nitrogens with two attached hydrogens (primary N) is 1. The van der Waals surface area contributed by atoms with Crippen LogP contribution >= 0.6 is 0 Å². The highest BCUT2D eigenvalue weighted by Gasteiger charge is 2.18. The van der Waals surface area contributed by atoms with E-state index in [0.29, 0.717) is 5.78 Å². The fourth-order valence-corrected chi connectivity index (χ4v) is 3.14. The lowest BCUT2D eigenvalue weighted by molar-refractivity contribution is -0.121. The van der Waals surface area contributed by atoms with Gasteiger partial charge in [-0.05, 0) is 38.0 Å². The second-order valence-corrected chi connectivity index (χ2v) is 6.42. The van der Waals surface area contributed by atoms with Crippen LogP contribution in [0.5, 0.6) is 5.75 Å². The van der Waals surface area contributed by atoms with Crippen molar-refractivity contribution in [3.63, 3.8) is 0 Å². The summed E-state index contributed by atoms with van der Waals surface area (Å²) in [6, 6.07) is 7.66. The van der Waals surface area contributed by atoms with Gasteiger partial charge < -0.3 is 15.8 Å². The Morgan fingerprint density at radius 1 is 1.26 bits per heavy atom. The Hall–Kier alpha value is -3.16. The van der Waals surface area contributed by atoms with Gasteiger partial charge in [0.15, 0.2) is 0 Å². The van der Waals surface area contributed by atoms with Gasteiger partial charge in [0.05, 0.1) is 19.6 Å². The van der Waals surface area contributed by atoms with Gasteiger partial charge in [-0.15, -0.1) is 5.10 Å². The van der Waals surface area contributed by atoms with Crippen molar-refractivity contribution in [2.45, 2.75) is 39.7 Å². The summed E-state index contributed by atoms with van der Waals surface area (Å²) in [7, 11) is 1.63. The molecule has 0 aliphatic rings. The van der Waals surface area contributed by atoms with E-state index in [2.05, 4.69) is 20.4 Å². The van der Waals surface area contributed by atoms with Gasteiger partial charge in [-0.25, -0.2) is 4.98 Å². The maximum Gasteiger partial charge on any atom is 0.254 e. The number of aryl methyl sites for hydroxylation is 2. The molecule has 0 saturated heterocycles. The quantitative estimate of drug-likeness (QED) is 0.690. The molecule has 0 aliphatic carbocycles. The summed E-state index contributed by atoms with van der Waals surface area (Å²) in [6.07, 6.45) is 1.000. The predicted molar refractivity (Wildman–Crippen MR) is 103 cm³/mol. The number of amides is 1. The molecule has 2 heterocycles. The van der Waals surface area contributed by atoms with Crippen LogP contribution in [-0.2, 0) is 11.2 Å². The van der Waals surface area contributed by atoms with E-state index in [1.807, 2.05) is 45.0 Å². The molecule has 0 bridgehead atoms. The molecule has 8 nitrogen and oxygen atoms in total. The number of carbonyl (C=O) groups is 1. The van der Waals surface area contributed by atoms with Gasteiger partial charge in [-0.1, -0.05) is 19.1 Å². The van der Waals surface area contributed by atoms with Crippen LogP contribution in [-0.4, -0.2) is 32.6 Å². The summed E-state index contributed by atoms with van der Waals surface area (Å²) in [5.74, 6) is 1.32. The van der Waals surface area contributed by atoms with Crippen molar-refractivity contribution in [2.75, 3.05) is 12.8 Å². The van der Waals surface area contributed by atoms with Gasteiger partial charge in [0.1, 0.15) is 5.75 Å². The van der Waals surface area contributed by atoms with E-state index in [1.165, 1.54) is 0 Å². The summed E-state index contributed by atoms with van der Waals surface area (Å²) in [6.45, 7) is 5.79. The Morgan fingerprint density at radius 3 is 2.59 bits per heavy atom. The first-order valence-electron chi connectivity index (χ1n) is 8.84. The fraction of sp³-hybridized carbons (Fsp3) is 0.368. The third-order valence-corrected chi connectivity index (χ3v) is 4.66. The molecule has 27 heavy (non-hydrogen) atoms. The normalized spacial score (nSPS) is 12.1. The van der Waals surface area contributed by atoms with Crippen LogP contribution in [0.2, 0.25) is 0 Å². The molecule has 3 N–H and O–H groups in total. The third-order valence-electron chi connectivity index (χ3n) is 4.66. The van der Waals surface area contributed by atoms with Crippen molar-refractivity contribution >= 4 is 17.6 Å². The minimum atomic E-state index is -0.0712. The summed E-state index contributed by atoms with van der Waals surface area (Å²) in [4.78, 5) is 21.2. The average molecular weight is 368 g/mol.